The fourth-order valence-electron chi connectivity index (χ4n) is 1.04. The van der Waals surface area contributed by atoms with Crippen LogP contribution < -0.4 is 0 Å². The summed E-state index contributed by atoms with van der Waals surface area (Å²) in [5.74, 6) is 0.293. The summed E-state index contributed by atoms with van der Waals surface area (Å²) in [5, 5.41) is 0. The Labute approximate surface area is 73.7 Å². The van der Waals surface area contributed by atoms with Crippen LogP contribution in [0.25, 0.3) is 0 Å². The monoisotopic (exact) mass is 168 g/mol. The average molecular weight is 168 g/mol. The molecular formula is C10H16O2. The Morgan fingerprint density at radius 2 is 1.67 bits per heavy atom. The molecular weight excluding hydrogens is 152 g/mol. The number of hydrogen-bond donors (Lipinski definition) is 0. The van der Waals surface area contributed by atoms with Crippen LogP contribution >= 0.6 is 0 Å². The lowest BCUT2D eigenvalue weighted by atomic mass is 10.1. The van der Waals surface area contributed by atoms with Gasteiger partial charge in [-0.05, 0) is 39.7 Å². The van der Waals surface area contributed by atoms with Crippen LogP contribution in [0.3, 0.4) is 0 Å². The Balaban J connectivity index is 3.64. The van der Waals surface area contributed by atoms with Crippen molar-refractivity contribution in [2.24, 2.45) is 0 Å². The van der Waals surface area contributed by atoms with Crippen molar-refractivity contribution in [3.63, 3.8) is 0 Å². The quantitative estimate of drug-likeness (QED) is 0.590. The van der Waals surface area contributed by atoms with Crippen LogP contribution in [0.4, 0.5) is 0 Å². The summed E-state index contributed by atoms with van der Waals surface area (Å²) >= 11 is 0. The van der Waals surface area contributed by atoms with E-state index >= 15 is 0 Å². The van der Waals surface area contributed by atoms with E-state index < -0.39 is 0 Å². The fraction of sp³-hybridized carbons (Fsp3) is 0.600. The molecule has 0 aliphatic rings. The van der Waals surface area contributed by atoms with Crippen molar-refractivity contribution in [3.05, 3.63) is 11.6 Å². The van der Waals surface area contributed by atoms with Gasteiger partial charge in [-0.3, -0.25) is 4.79 Å². The molecule has 2 heteroatoms. The number of Topliss-reactive ketones (excluding diaryl/α,β-unsaturated/α-hetero) is 1. The fourth-order valence-corrected chi connectivity index (χ4v) is 1.04. The molecule has 0 unspecified atom stereocenters. The van der Waals surface area contributed by atoms with Crippen molar-refractivity contribution in [1.82, 2.24) is 0 Å². The average Bonchev–Trinajstić information content (AvgIpc) is 1.84. The molecule has 0 fully saturated rings. The summed E-state index contributed by atoms with van der Waals surface area (Å²) in [6, 6.07) is 0. The highest BCUT2D eigenvalue weighted by Gasteiger charge is 1.95. The molecule has 0 atom stereocenters. The zero-order valence-corrected chi connectivity index (χ0v) is 8.02. The normalized spacial score (nSPS) is 11.4. The molecule has 0 heterocycles. The van der Waals surface area contributed by atoms with Crippen molar-refractivity contribution < 1.29 is 9.59 Å². The number of carbonyl (C=O) groups is 2. The molecule has 2 nitrogen and oxygen atoms in total. The maximum atomic E-state index is 10.6. The minimum Gasteiger partial charge on any atom is -0.300 e. The highest BCUT2D eigenvalue weighted by atomic mass is 16.1. The molecule has 0 saturated heterocycles. The van der Waals surface area contributed by atoms with Crippen molar-refractivity contribution in [3.8, 4) is 0 Å². The van der Waals surface area contributed by atoms with Gasteiger partial charge in [-0.15, -0.1) is 0 Å². The largest absolute Gasteiger partial charge is 0.300 e. The Bertz CT molecular complexity index is 202. The second kappa shape index (κ2) is 5.70. The maximum absolute atomic E-state index is 10.6. The van der Waals surface area contributed by atoms with Crippen molar-refractivity contribution in [1.29, 1.82) is 0 Å². The molecule has 0 saturated carbocycles. The van der Waals surface area contributed by atoms with Crippen LogP contribution in [0.5, 0.6) is 0 Å². The van der Waals surface area contributed by atoms with E-state index in [9.17, 15) is 9.59 Å². The van der Waals surface area contributed by atoms with Gasteiger partial charge in [0.15, 0.2) is 5.78 Å². The smallest absolute Gasteiger partial charge is 0.152 e. The summed E-state index contributed by atoms with van der Waals surface area (Å²) in [5.41, 5.74) is 1.06. The van der Waals surface area contributed by atoms with Gasteiger partial charge in [-0.25, -0.2) is 0 Å². The highest BCUT2D eigenvalue weighted by molar-refractivity contribution is 5.87. The second-order valence-corrected chi connectivity index (χ2v) is 3.16. The van der Waals surface area contributed by atoms with Gasteiger partial charge in [-0.2, -0.15) is 0 Å². The number of carbonyl (C=O) groups excluding carboxylic acids is 2. The molecule has 0 aromatic rings. The third-order valence-corrected chi connectivity index (χ3v) is 1.55. The molecule has 0 aliphatic carbocycles. The Morgan fingerprint density at radius 3 is 2.08 bits per heavy atom. The van der Waals surface area contributed by atoms with E-state index in [1.54, 1.807) is 13.0 Å². The lowest BCUT2D eigenvalue weighted by Crippen LogP contribution is -1.91. The summed E-state index contributed by atoms with van der Waals surface area (Å²) < 4.78 is 0. The van der Waals surface area contributed by atoms with E-state index in [1.807, 2.05) is 6.92 Å². The number of ketones is 2. The zero-order chi connectivity index (χ0) is 9.56. The van der Waals surface area contributed by atoms with E-state index in [2.05, 4.69) is 0 Å². The van der Waals surface area contributed by atoms with E-state index in [0.29, 0.717) is 6.42 Å². The standard InChI is InChI=1S/C10H16O2/c1-8(7-10(3)12)5-4-6-9(2)11/h7H,4-6H2,1-3H3. The van der Waals surface area contributed by atoms with Gasteiger partial charge in [0.05, 0.1) is 0 Å². The van der Waals surface area contributed by atoms with Gasteiger partial charge >= 0.3 is 0 Å². The summed E-state index contributed by atoms with van der Waals surface area (Å²) in [6.45, 7) is 5.04. The van der Waals surface area contributed by atoms with Crippen LogP contribution in [0.2, 0.25) is 0 Å². The molecule has 0 bridgehead atoms. The summed E-state index contributed by atoms with van der Waals surface area (Å²) in [7, 11) is 0. The van der Waals surface area contributed by atoms with E-state index in [4.69, 9.17) is 0 Å². The maximum Gasteiger partial charge on any atom is 0.152 e. The third-order valence-electron chi connectivity index (χ3n) is 1.55. The van der Waals surface area contributed by atoms with Gasteiger partial charge in [0.1, 0.15) is 5.78 Å². The van der Waals surface area contributed by atoms with Crippen molar-refractivity contribution >= 4 is 11.6 Å². The second-order valence-electron chi connectivity index (χ2n) is 3.16. The van der Waals surface area contributed by atoms with Gasteiger partial charge < -0.3 is 4.79 Å². The Kier molecular flexibility index (Phi) is 5.26. The van der Waals surface area contributed by atoms with Crippen LogP contribution in [-0.4, -0.2) is 11.6 Å². The SMILES string of the molecule is CC(=O)C=C(C)CCCC(C)=O. The first kappa shape index (κ1) is 11.1. The van der Waals surface area contributed by atoms with Gasteiger partial charge in [0.2, 0.25) is 0 Å². The zero-order valence-electron chi connectivity index (χ0n) is 8.02. The van der Waals surface area contributed by atoms with Gasteiger partial charge in [0.25, 0.3) is 0 Å². The first-order valence-corrected chi connectivity index (χ1v) is 4.19. The molecule has 0 aromatic carbocycles. The minimum atomic E-state index is 0.0790. The van der Waals surface area contributed by atoms with Crippen LogP contribution in [-0.2, 0) is 9.59 Å². The van der Waals surface area contributed by atoms with Crippen LogP contribution in [0.1, 0.15) is 40.0 Å². The van der Waals surface area contributed by atoms with E-state index in [0.717, 1.165) is 18.4 Å². The summed E-state index contributed by atoms with van der Waals surface area (Å²) in [4.78, 5) is 21.2. The number of hydrogen-bond acceptors (Lipinski definition) is 2. The van der Waals surface area contributed by atoms with E-state index in [1.165, 1.54) is 6.92 Å². The molecule has 0 radical (unpaired) electrons. The first-order valence-electron chi connectivity index (χ1n) is 4.19. The van der Waals surface area contributed by atoms with Crippen LogP contribution in [0.15, 0.2) is 11.6 Å². The molecule has 0 rings (SSSR count). The third kappa shape index (κ3) is 7.19. The number of allylic oxidation sites excluding steroid dienone is 2. The molecule has 68 valence electrons. The van der Waals surface area contributed by atoms with Gasteiger partial charge in [0, 0.05) is 6.42 Å². The molecule has 0 spiro atoms. The lowest BCUT2D eigenvalue weighted by molar-refractivity contribution is -0.117. The number of rotatable bonds is 5. The molecule has 0 aromatic heterocycles. The molecule has 0 aliphatic heterocycles. The Morgan fingerprint density at radius 1 is 1.08 bits per heavy atom. The van der Waals surface area contributed by atoms with Crippen molar-refractivity contribution in [2.75, 3.05) is 0 Å². The molecule has 0 amide bonds. The topological polar surface area (TPSA) is 34.1 Å². The highest BCUT2D eigenvalue weighted by Crippen LogP contribution is 2.06. The Hall–Kier alpha value is -0.920. The van der Waals surface area contributed by atoms with Crippen LogP contribution in [0, 0.1) is 0 Å². The van der Waals surface area contributed by atoms with E-state index in [-0.39, 0.29) is 11.6 Å². The molecule has 12 heavy (non-hydrogen) atoms. The molecule has 0 N–H and O–H groups in total. The predicted molar refractivity (Wildman–Crippen MR) is 49.0 cm³/mol. The minimum absolute atomic E-state index is 0.0790. The van der Waals surface area contributed by atoms with Gasteiger partial charge in [-0.1, -0.05) is 5.57 Å². The lowest BCUT2D eigenvalue weighted by Gasteiger charge is -1.97. The predicted octanol–water partition coefficient (Wildman–Crippen LogP) is 2.28. The van der Waals surface area contributed by atoms with Crippen molar-refractivity contribution in [2.45, 2.75) is 40.0 Å². The summed E-state index contributed by atoms with van der Waals surface area (Å²) in [6.07, 6.45) is 3.94. The first-order chi connectivity index (χ1) is 5.52.